The number of fused-ring (bicyclic) bond motifs is 1. The average molecular weight is 328 g/mol. The predicted octanol–water partition coefficient (Wildman–Crippen LogP) is 1.53. The molecule has 2 aromatic heterocycles. The van der Waals surface area contributed by atoms with Gasteiger partial charge in [0, 0.05) is 30.5 Å². The van der Waals surface area contributed by atoms with E-state index in [0.29, 0.717) is 23.8 Å². The molecule has 1 aliphatic heterocycles. The largest absolute Gasteiger partial charge is 0.481 e. The molecule has 1 aliphatic carbocycles. The first kappa shape index (κ1) is 15.1. The summed E-state index contributed by atoms with van der Waals surface area (Å²) in [5.41, 5.74) is 2.76. The van der Waals surface area contributed by atoms with E-state index < -0.39 is 11.9 Å². The first-order valence-electron chi connectivity index (χ1n) is 8.30. The number of carbonyl (C=O) groups is 2. The Bertz CT molecular complexity index is 840. The van der Waals surface area contributed by atoms with Crippen molar-refractivity contribution in [2.75, 3.05) is 13.1 Å². The van der Waals surface area contributed by atoms with Gasteiger partial charge in [-0.1, -0.05) is 0 Å². The van der Waals surface area contributed by atoms with Gasteiger partial charge in [-0.3, -0.25) is 9.59 Å². The minimum Gasteiger partial charge on any atom is -0.481 e. The van der Waals surface area contributed by atoms with Gasteiger partial charge in [0.15, 0.2) is 11.3 Å². The molecule has 126 valence electrons. The zero-order chi connectivity index (χ0) is 17.0. The second-order valence-electron chi connectivity index (χ2n) is 6.99. The third kappa shape index (κ3) is 2.44. The molecular formula is C17H20N4O3. The van der Waals surface area contributed by atoms with Gasteiger partial charge in [0.2, 0.25) is 0 Å². The van der Waals surface area contributed by atoms with E-state index in [-0.39, 0.29) is 18.4 Å². The highest BCUT2D eigenvalue weighted by Gasteiger charge is 2.47. The van der Waals surface area contributed by atoms with E-state index in [4.69, 9.17) is 0 Å². The molecule has 1 amide bonds. The third-order valence-electron chi connectivity index (χ3n) is 5.15. The van der Waals surface area contributed by atoms with Crippen LogP contribution in [0.3, 0.4) is 0 Å². The molecule has 0 unspecified atom stereocenters. The van der Waals surface area contributed by atoms with Crippen molar-refractivity contribution in [1.82, 2.24) is 19.5 Å². The topological polar surface area (TPSA) is 87.8 Å². The minimum absolute atomic E-state index is 0.0746. The number of rotatable bonds is 3. The van der Waals surface area contributed by atoms with Gasteiger partial charge in [0.25, 0.3) is 5.91 Å². The maximum Gasteiger partial charge on any atom is 0.308 e. The Labute approximate surface area is 139 Å². The number of carbonyl (C=O) groups excluding carboxylic acids is 1. The quantitative estimate of drug-likeness (QED) is 0.923. The number of hydrogen-bond acceptors (Lipinski definition) is 4. The number of hydrogen-bond donors (Lipinski definition) is 1. The molecule has 7 nitrogen and oxygen atoms in total. The Balaban J connectivity index is 1.62. The zero-order valence-electron chi connectivity index (χ0n) is 13.8. The van der Waals surface area contributed by atoms with Crippen LogP contribution in [-0.2, 0) is 4.79 Å². The number of nitrogens with zero attached hydrogens (tertiary/aromatic N) is 4. The zero-order valence-corrected chi connectivity index (χ0v) is 13.8. The van der Waals surface area contributed by atoms with E-state index >= 15 is 0 Å². The summed E-state index contributed by atoms with van der Waals surface area (Å²) in [4.78, 5) is 30.3. The molecular weight excluding hydrogens is 308 g/mol. The third-order valence-corrected chi connectivity index (χ3v) is 5.15. The van der Waals surface area contributed by atoms with Crippen molar-refractivity contribution in [2.24, 2.45) is 17.8 Å². The first-order chi connectivity index (χ1) is 11.4. The smallest absolute Gasteiger partial charge is 0.308 e. The summed E-state index contributed by atoms with van der Waals surface area (Å²) >= 11 is 0. The standard InChI is InChI=1S/C17H20N4O3/c1-9-5-10(2)21-15(18-9)6-14(19-21)16(22)20-7-12(11-3-4-11)13(8-20)17(23)24/h5-6,11-13H,3-4,7-8H2,1-2H3,(H,23,24)/t12-,13+/m1/s1. The van der Waals surface area contributed by atoms with Crippen molar-refractivity contribution >= 4 is 17.5 Å². The van der Waals surface area contributed by atoms with Gasteiger partial charge >= 0.3 is 5.97 Å². The van der Waals surface area contributed by atoms with Crippen molar-refractivity contribution in [3.05, 3.63) is 29.2 Å². The molecule has 2 aliphatic rings. The molecule has 7 heteroatoms. The molecule has 2 atom stereocenters. The number of aromatic nitrogens is 3. The van der Waals surface area contributed by atoms with Crippen LogP contribution in [0, 0.1) is 31.6 Å². The predicted molar refractivity (Wildman–Crippen MR) is 85.7 cm³/mol. The van der Waals surface area contributed by atoms with Crippen LogP contribution in [0.1, 0.15) is 34.7 Å². The van der Waals surface area contributed by atoms with E-state index in [2.05, 4.69) is 10.1 Å². The Hall–Kier alpha value is -2.44. The lowest BCUT2D eigenvalue weighted by Gasteiger charge is -2.14. The fraction of sp³-hybridized carbons (Fsp3) is 0.529. The molecule has 1 saturated heterocycles. The van der Waals surface area contributed by atoms with Crippen molar-refractivity contribution in [3.63, 3.8) is 0 Å². The van der Waals surface area contributed by atoms with Crippen LogP contribution in [0.5, 0.6) is 0 Å². The molecule has 3 heterocycles. The minimum atomic E-state index is -0.801. The first-order valence-corrected chi connectivity index (χ1v) is 8.30. The molecule has 1 saturated carbocycles. The summed E-state index contributed by atoms with van der Waals surface area (Å²) in [5, 5.41) is 13.8. The average Bonchev–Trinajstić information content (AvgIpc) is 3.11. The number of likely N-dealkylation sites (tertiary alicyclic amines) is 1. The number of amides is 1. The Morgan fingerprint density at radius 2 is 1.96 bits per heavy atom. The van der Waals surface area contributed by atoms with Crippen LogP contribution in [0.25, 0.3) is 5.65 Å². The van der Waals surface area contributed by atoms with Gasteiger partial charge in [0.1, 0.15) is 0 Å². The van der Waals surface area contributed by atoms with Crippen LogP contribution in [0.15, 0.2) is 12.1 Å². The molecule has 0 aromatic carbocycles. The van der Waals surface area contributed by atoms with E-state index in [1.165, 1.54) is 0 Å². The Morgan fingerprint density at radius 3 is 2.62 bits per heavy atom. The summed E-state index contributed by atoms with van der Waals surface area (Å²) in [6.45, 7) is 4.61. The maximum absolute atomic E-state index is 12.8. The fourth-order valence-electron chi connectivity index (χ4n) is 3.81. The van der Waals surface area contributed by atoms with Crippen LogP contribution in [0.4, 0.5) is 0 Å². The molecule has 0 radical (unpaired) electrons. The monoisotopic (exact) mass is 328 g/mol. The summed E-state index contributed by atoms with van der Waals surface area (Å²) in [5.74, 6) is -0.931. The second-order valence-corrected chi connectivity index (χ2v) is 6.99. The van der Waals surface area contributed by atoms with Crippen LogP contribution < -0.4 is 0 Å². The Kier molecular flexibility index (Phi) is 3.33. The number of carboxylic acid groups (broad SMARTS) is 1. The lowest BCUT2D eigenvalue weighted by Crippen LogP contribution is -2.30. The highest BCUT2D eigenvalue weighted by atomic mass is 16.4. The van der Waals surface area contributed by atoms with Gasteiger partial charge in [-0.15, -0.1) is 0 Å². The molecule has 0 spiro atoms. The maximum atomic E-state index is 12.8. The lowest BCUT2D eigenvalue weighted by molar-refractivity contribution is -0.142. The van der Waals surface area contributed by atoms with Gasteiger partial charge in [-0.05, 0) is 44.6 Å². The van der Waals surface area contributed by atoms with Gasteiger partial charge < -0.3 is 10.0 Å². The normalized spacial score (nSPS) is 23.8. The highest BCUT2D eigenvalue weighted by molar-refractivity contribution is 5.94. The molecule has 24 heavy (non-hydrogen) atoms. The van der Waals surface area contributed by atoms with Gasteiger partial charge in [-0.2, -0.15) is 5.10 Å². The van der Waals surface area contributed by atoms with E-state index in [0.717, 1.165) is 24.2 Å². The lowest BCUT2D eigenvalue weighted by atomic mass is 9.92. The number of carboxylic acids is 1. The fourth-order valence-corrected chi connectivity index (χ4v) is 3.81. The van der Waals surface area contributed by atoms with E-state index in [1.54, 1.807) is 15.5 Å². The molecule has 2 fully saturated rings. The summed E-state index contributed by atoms with van der Waals surface area (Å²) < 4.78 is 1.66. The van der Waals surface area contributed by atoms with Gasteiger partial charge in [-0.25, -0.2) is 9.50 Å². The SMILES string of the molecule is Cc1cc(C)n2nc(C(=O)N3C[C@H](C(=O)O)[C@@H](C4CC4)C3)cc2n1. The van der Waals surface area contributed by atoms with Gasteiger partial charge in [0.05, 0.1) is 5.92 Å². The summed E-state index contributed by atoms with van der Waals surface area (Å²) in [6, 6.07) is 3.59. The molecule has 2 aromatic rings. The highest BCUT2D eigenvalue weighted by Crippen LogP contribution is 2.44. The van der Waals surface area contributed by atoms with Crippen molar-refractivity contribution < 1.29 is 14.7 Å². The molecule has 1 N–H and O–H groups in total. The Morgan fingerprint density at radius 1 is 1.21 bits per heavy atom. The molecule has 0 bridgehead atoms. The molecule has 4 rings (SSSR count). The van der Waals surface area contributed by atoms with Crippen LogP contribution in [0.2, 0.25) is 0 Å². The van der Waals surface area contributed by atoms with E-state index in [9.17, 15) is 14.7 Å². The summed E-state index contributed by atoms with van der Waals surface area (Å²) in [7, 11) is 0. The van der Waals surface area contributed by atoms with Crippen LogP contribution in [-0.4, -0.2) is 49.6 Å². The van der Waals surface area contributed by atoms with E-state index in [1.807, 2.05) is 19.9 Å². The van der Waals surface area contributed by atoms with Crippen molar-refractivity contribution in [2.45, 2.75) is 26.7 Å². The van der Waals surface area contributed by atoms with Crippen molar-refractivity contribution in [1.29, 1.82) is 0 Å². The number of aliphatic carboxylic acids is 1. The second kappa shape index (κ2) is 5.29. The summed E-state index contributed by atoms with van der Waals surface area (Å²) in [6.07, 6.45) is 2.15. The van der Waals surface area contributed by atoms with Crippen molar-refractivity contribution in [3.8, 4) is 0 Å². The van der Waals surface area contributed by atoms with Crippen LogP contribution >= 0.6 is 0 Å². The number of aryl methyl sites for hydroxylation is 2.